The molecule has 0 radical (unpaired) electrons. The van der Waals surface area contributed by atoms with Crippen LogP contribution >= 0.6 is 0 Å². The summed E-state index contributed by atoms with van der Waals surface area (Å²) >= 11 is 0. The third-order valence-corrected chi connectivity index (χ3v) is 4.23. The molecule has 1 atom stereocenters. The number of furan rings is 1. The Balaban J connectivity index is 2.12. The van der Waals surface area contributed by atoms with Gasteiger partial charge in [0.25, 0.3) is 11.7 Å². The van der Waals surface area contributed by atoms with Gasteiger partial charge in [-0.3, -0.25) is 9.59 Å². The number of hydrogen-bond acceptors (Lipinski definition) is 6. The summed E-state index contributed by atoms with van der Waals surface area (Å²) in [6, 6.07) is 9.16. The first-order chi connectivity index (χ1) is 12.6. The van der Waals surface area contributed by atoms with Crippen LogP contribution in [0.1, 0.15) is 17.4 Å². The zero-order valence-corrected chi connectivity index (χ0v) is 14.5. The van der Waals surface area contributed by atoms with Crippen molar-refractivity contribution in [1.29, 1.82) is 0 Å². The highest BCUT2D eigenvalue weighted by Crippen LogP contribution is 2.39. The minimum absolute atomic E-state index is 0.0192. The summed E-state index contributed by atoms with van der Waals surface area (Å²) in [5, 5.41) is 10.8. The molecule has 2 heterocycles. The molecule has 0 saturated carbocycles. The monoisotopic (exact) mass is 357 g/mol. The molecular weight excluding hydrogens is 338 g/mol. The van der Waals surface area contributed by atoms with E-state index in [1.54, 1.807) is 36.4 Å². The number of hydrogen-bond donors (Lipinski definition) is 1. The Bertz CT molecular complexity index is 839. The topological polar surface area (TPSA) is 89.2 Å². The summed E-state index contributed by atoms with van der Waals surface area (Å²) in [6.45, 7) is 0.449. The lowest BCUT2D eigenvalue weighted by Crippen LogP contribution is -2.32. The maximum absolute atomic E-state index is 12.6. The number of rotatable bonds is 6. The molecule has 0 unspecified atom stereocenters. The number of amides is 1. The molecule has 0 bridgehead atoms. The van der Waals surface area contributed by atoms with E-state index < -0.39 is 17.7 Å². The van der Waals surface area contributed by atoms with Crippen LogP contribution in [-0.4, -0.2) is 49.1 Å². The van der Waals surface area contributed by atoms with Crippen LogP contribution in [0.3, 0.4) is 0 Å². The lowest BCUT2D eigenvalue weighted by atomic mass is 9.99. The molecule has 136 valence electrons. The number of nitrogens with zero attached hydrogens (tertiary/aromatic N) is 1. The third kappa shape index (κ3) is 3.09. The second-order valence-electron chi connectivity index (χ2n) is 5.73. The van der Waals surface area contributed by atoms with Crippen LogP contribution in [0, 0.1) is 0 Å². The van der Waals surface area contributed by atoms with Crippen LogP contribution in [0.15, 0.2) is 52.7 Å². The first kappa shape index (κ1) is 17.8. The van der Waals surface area contributed by atoms with Crippen LogP contribution in [0.5, 0.6) is 5.75 Å². The second-order valence-corrected chi connectivity index (χ2v) is 5.73. The SMILES string of the molecule is COCCN1C(=O)C(=O)/C(=C(\O)c2cccc(OC)c2)[C@H]1c1ccco1. The minimum atomic E-state index is -0.814. The molecule has 7 heteroatoms. The van der Waals surface area contributed by atoms with E-state index in [0.29, 0.717) is 17.1 Å². The van der Waals surface area contributed by atoms with Crippen molar-refractivity contribution in [2.24, 2.45) is 0 Å². The number of likely N-dealkylation sites (tertiary alicyclic amines) is 1. The van der Waals surface area contributed by atoms with Gasteiger partial charge in [0.2, 0.25) is 0 Å². The Morgan fingerprint density at radius 1 is 1.23 bits per heavy atom. The van der Waals surface area contributed by atoms with E-state index >= 15 is 0 Å². The van der Waals surface area contributed by atoms with Crippen molar-refractivity contribution in [3.63, 3.8) is 0 Å². The molecule has 0 aliphatic carbocycles. The van der Waals surface area contributed by atoms with Crippen molar-refractivity contribution in [3.8, 4) is 5.75 Å². The van der Waals surface area contributed by atoms with Gasteiger partial charge >= 0.3 is 0 Å². The molecule has 26 heavy (non-hydrogen) atoms. The van der Waals surface area contributed by atoms with Crippen LogP contribution in [0.2, 0.25) is 0 Å². The Morgan fingerprint density at radius 3 is 2.69 bits per heavy atom. The van der Waals surface area contributed by atoms with Gasteiger partial charge in [-0.2, -0.15) is 0 Å². The summed E-state index contributed by atoms with van der Waals surface area (Å²) in [7, 11) is 3.01. The van der Waals surface area contributed by atoms with E-state index in [2.05, 4.69) is 0 Å². The van der Waals surface area contributed by atoms with Crippen molar-refractivity contribution in [2.75, 3.05) is 27.4 Å². The van der Waals surface area contributed by atoms with Gasteiger partial charge in [0, 0.05) is 19.2 Å². The molecule has 1 aromatic heterocycles. The average Bonchev–Trinajstić information content (AvgIpc) is 3.27. The van der Waals surface area contributed by atoms with Crippen LogP contribution in [0.4, 0.5) is 0 Å². The van der Waals surface area contributed by atoms with Gasteiger partial charge in [-0.1, -0.05) is 12.1 Å². The van der Waals surface area contributed by atoms with E-state index in [-0.39, 0.29) is 24.5 Å². The normalized spacial score (nSPS) is 19.2. The van der Waals surface area contributed by atoms with Gasteiger partial charge in [-0.05, 0) is 24.3 Å². The molecule has 1 fully saturated rings. The van der Waals surface area contributed by atoms with E-state index in [4.69, 9.17) is 13.9 Å². The summed E-state index contributed by atoms with van der Waals surface area (Å²) in [4.78, 5) is 26.5. The standard InChI is InChI=1S/C19H19NO6/c1-24-10-8-20-16(14-7-4-9-26-14)15(18(22)19(20)23)17(21)12-5-3-6-13(11-12)25-2/h3-7,9,11,16,21H,8,10H2,1-2H3/b17-15-/t16-/m1/s1. The number of carbonyl (C=O) groups excluding carboxylic acids is 2. The van der Waals surface area contributed by atoms with E-state index in [9.17, 15) is 14.7 Å². The molecule has 1 amide bonds. The van der Waals surface area contributed by atoms with Gasteiger partial charge in [0.1, 0.15) is 23.3 Å². The lowest BCUT2D eigenvalue weighted by molar-refractivity contribution is -0.140. The molecule has 1 aromatic carbocycles. The van der Waals surface area contributed by atoms with Crippen molar-refractivity contribution in [2.45, 2.75) is 6.04 Å². The quantitative estimate of drug-likeness (QED) is 0.485. The van der Waals surface area contributed by atoms with Crippen molar-refractivity contribution in [3.05, 3.63) is 59.6 Å². The van der Waals surface area contributed by atoms with Gasteiger partial charge < -0.3 is 23.9 Å². The number of aliphatic hydroxyl groups excluding tert-OH is 1. The zero-order valence-electron chi connectivity index (χ0n) is 14.5. The molecular formula is C19H19NO6. The fraction of sp³-hybridized carbons (Fsp3) is 0.263. The minimum Gasteiger partial charge on any atom is -0.507 e. The van der Waals surface area contributed by atoms with Crippen LogP contribution in [0.25, 0.3) is 5.76 Å². The summed E-state index contributed by atoms with van der Waals surface area (Å²) in [5.74, 6) is -0.818. The number of ether oxygens (including phenoxy) is 2. The summed E-state index contributed by atoms with van der Waals surface area (Å²) in [6.07, 6.45) is 1.46. The summed E-state index contributed by atoms with van der Waals surface area (Å²) < 4.78 is 15.6. The predicted octanol–water partition coefficient (Wildman–Crippen LogP) is 2.36. The van der Waals surface area contributed by atoms with Crippen molar-refractivity contribution < 1.29 is 28.6 Å². The number of ketones is 1. The van der Waals surface area contributed by atoms with Crippen molar-refractivity contribution in [1.82, 2.24) is 4.90 Å². The van der Waals surface area contributed by atoms with Gasteiger partial charge in [-0.25, -0.2) is 0 Å². The highest BCUT2D eigenvalue weighted by atomic mass is 16.5. The highest BCUT2D eigenvalue weighted by Gasteiger charge is 2.47. The van der Waals surface area contributed by atoms with Crippen molar-refractivity contribution >= 4 is 17.4 Å². The predicted molar refractivity (Wildman–Crippen MR) is 92.6 cm³/mol. The molecule has 3 rings (SSSR count). The van der Waals surface area contributed by atoms with E-state index in [0.717, 1.165) is 0 Å². The molecule has 1 saturated heterocycles. The Labute approximate surface area is 150 Å². The van der Waals surface area contributed by atoms with Crippen LogP contribution < -0.4 is 4.74 Å². The second kappa shape index (κ2) is 7.45. The Kier molecular flexibility index (Phi) is 5.09. The van der Waals surface area contributed by atoms with Gasteiger partial charge in [0.05, 0.1) is 25.6 Å². The molecule has 0 spiro atoms. The average molecular weight is 357 g/mol. The number of Topliss-reactive ketones (excluding diaryl/α,β-unsaturated/α-hetero) is 1. The first-order valence-electron chi connectivity index (χ1n) is 8.03. The summed E-state index contributed by atoms with van der Waals surface area (Å²) in [5.41, 5.74) is 0.361. The number of methoxy groups -OCH3 is 2. The zero-order chi connectivity index (χ0) is 18.7. The number of carbonyl (C=O) groups is 2. The molecule has 1 aliphatic rings. The fourth-order valence-corrected chi connectivity index (χ4v) is 2.97. The van der Waals surface area contributed by atoms with E-state index in [1.165, 1.54) is 25.4 Å². The number of aliphatic hydroxyl groups is 1. The van der Waals surface area contributed by atoms with Gasteiger partial charge in [-0.15, -0.1) is 0 Å². The first-order valence-corrected chi connectivity index (χ1v) is 8.03. The fourth-order valence-electron chi connectivity index (χ4n) is 2.97. The third-order valence-electron chi connectivity index (χ3n) is 4.23. The van der Waals surface area contributed by atoms with E-state index in [1.807, 2.05) is 0 Å². The smallest absolute Gasteiger partial charge is 0.295 e. The lowest BCUT2D eigenvalue weighted by Gasteiger charge is -2.22. The highest BCUT2D eigenvalue weighted by molar-refractivity contribution is 6.46. The number of benzene rings is 1. The maximum Gasteiger partial charge on any atom is 0.295 e. The molecule has 1 aliphatic heterocycles. The largest absolute Gasteiger partial charge is 0.507 e. The molecule has 1 N–H and O–H groups in total. The molecule has 7 nitrogen and oxygen atoms in total. The maximum atomic E-state index is 12.6. The Hall–Kier alpha value is -3.06. The molecule has 2 aromatic rings. The van der Waals surface area contributed by atoms with Crippen LogP contribution in [-0.2, 0) is 14.3 Å². The Morgan fingerprint density at radius 2 is 2.04 bits per heavy atom. The van der Waals surface area contributed by atoms with Gasteiger partial charge in [0.15, 0.2) is 0 Å².